The number of rotatable bonds is 3. The number of morpholine rings is 1. The molecule has 0 spiro atoms. The topological polar surface area (TPSA) is 66.8 Å². The van der Waals surface area contributed by atoms with Gasteiger partial charge in [0.2, 0.25) is 5.91 Å². The molecule has 18 heavy (non-hydrogen) atoms. The van der Waals surface area contributed by atoms with Crippen LogP contribution in [0.4, 0.5) is 0 Å². The molecule has 1 amide bonds. The molecule has 0 radical (unpaired) electrons. The third-order valence-electron chi connectivity index (χ3n) is 3.28. The van der Waals surface area contributed by atoms with Gasteiger partial charge in [-0.05, 0) is 24.3 Å². The van der Waals surface area contributed by atoms with Gasteiger partial charge in [-0.2, -0.15) is 0 Å². The van der Waals surface area contributed by atoms with E-state index in [1.807, 2.05) is 17.5 Å². The van der Waals surface area contributed by atoms with E-state index in [4.69, 9.17) is 4.74 Å². The van der Waals surface area contributed by atoms with Crippen LogP contribution in [0.5, 0.6) is 0 Å². The molecular formula is C12H13NO4S. The Balaban J connectivity index is 1.98. The molecular weight excluding hydrogens is 254 g/mol. The first-order valence-corrected chi connectivity index (χ1v) is 6.75. The number of ether oxygens (including phenoxy) is 1. The van der Waals surface area contributed by atoms with Crippen LogP contribution in [0.2, 0.25) is 0 Å². The van der Waals surface area contributed by atoms with E-state index < -0.39 is 18.1 Å². The fraction of sp³-hybridized carbons (Fsp3) is 0.500. The number of carboxylic acids is 1. The highest BCUT2D eigenvalue weighted by molar-refractivity contribution is 7.10. The zero-order valence-electron chi connectivity index (χ0n) is 9.61. The molecule has 1 aromatic heterocycles. The average Bonchev–Trinajstić information content (AvgIpc) is 3.03. The van der Waals surface area contributed by atoms with Gasteiger partial charge in [-0.3, -0.25) is 4.79 Å². The van der Waals surface area contributed by atoms with E-state index in [1.54, 1.807) is 4.90 Å². The van der Waals surface area contributed by atoms with Crippen LogP contribution in [0.15, 0.2) is 17.5 Å². The molecule has 5 nitrogen and oxygen atoms in total. The smallest absolute Gasteiger partial charge is 0.335 e. The molecule has 96 valence electrons. The second-order valence-electron chi connectivity index (χ2n) is 4.56. The minimum atomic E-state index is -1.01. The zero-order chi connectivity index (χ0) is 12.7. The number of carboxylic acid groups (broad SMARTS) is 1. The van der Waals surface area contributed by atoms with Crippen molar-refractivity contribution in [2.45, 2.75) is 31.0 Å². The lowest BCUT2D eigenvalue weighted by Crippen LogP contribution is -2.52. The first kappa shape index (κ1) is 11.7. The van der Waals surface area contributed by atoms with Crippen LogP contribution in [0.1, 0.15) is 23.8 Å². The van der Waals surface area contributed by atoms with Crippen LogP contribution >= 0.6 is 11.3 Å². The van der Waals surface area contributed by atoms with E-state index in [2.05, 4.69) is 0 Å². The standard InChI is InChI=1S/C12H13NO4S/c14-9-6-17-11(12(15)16)10(8-2-1-5-18-8)13(9)7-3-4-7/h1-2,5,7,10-11H,3-4,6H2,(H,15,16). The minimum Gasteiger partial charge on any atom is -0.479 e. The van der Waals surface area contributed by atoms with Crippen LogP contribution in [-0.4, -0.2) is 40.6 Å². The summed E-state index contributed by atoms with van der Waals surface area (Å²) in [6.45, 7) is -0.130. The highest BCUT2D eigenvalue weighted by atomic mass is 32.1. The lowest BCUT2D eigenvalue weighted by Gasteiger charge is -2.39. The number of carbonyl (C=O) groups is 2. The largest absolute Gasteiger partial charge is 0.479 e. The quantitative estimate of drug-likeness (QED) is 0.895. The van der Waals surface area contributed by atoms with E-state index >= 15 is 0 Å². The average molecular weight is 267 g/mol. The monoisotopic (exact) mass is 267 g/mol. The van der Waals surface area contributed by atoms with Gasteiger partial charge in [0.05, 0.1) is 0 Å². The molecule has 2 fully saturated rings. The summed E-state index contributed by atoms with van der Waals surface area (Å²) in [5.41, 5.74) is 0. The van der Waals surface area contributed by atoms with Crippen molar-refractivity contribution in [1.29, 1.82) is 0 Å². The van der Waals surface area contributed by atoms with Crippen molar-refractivity contribution < 1.29 is 19.4 Å². The van der Waals surface area contributed by atoms with Gasteiger partial charge in [-0.1, -0.05) is 6.07 Å². The molecule has 2 unspecified atom stereocenters. The third-order valence-corrected chi connectivity index (χ3v) is 4.22. The lowest BCUT2D eigenvalue weighted by molar-refractivity contribution is -0.173. The van der Waals surface area contributed by atoms with Gasteiger partial charge in [0.25, 0.3) is 0 Å². The van der Waals surface area contributed by atoms with Gasteiger partial charge in [0.15, 0.2) is 6.10 Å². The van der Waals surface area contributed by atoms with Crippen LogP contribution in [-0.2, 0) is 14.3 Å². The van der Waals surface area contributed by atoms with Crippen LogP contribution in [0.25, 0.3) is 0 Å². The van der Waals surface area contributed by atoms with Gasteiger partial charge in [0.1, 0.15) is 12.6 Å². The zero-order valence-corrected chi connectivity index (χ0v) is 10.4. The molecule has 2 atom stereocenters. The summed E-state index contributed by atoms with van der Waals surface area (Å²) in [6.07, 6.45) is 0.960. The summed E-state index contributed by atoms with van der Waals surface area (Å²) in [5, 5.41) is 11.1. The summed E-state index contributed by atoms with van der Waals surface area (Å²) in [7, 11) is 0. The van der Waals surface area contributed by atoms with Gasteiger partial charge >= 0.3 is 5.97 Å². The minimum absolute atomic E-state index is 0.103. The van der Waals surface area contributed by atoms with Gasteiger partial charge in [0, 0.05) is 10.9 Å². The molecule has 3 rings (SSSR count). The van der Waals surface area contributed by atoms with Crippen molar-refractivity contribution in [3.05, 3.63) is 22.4 Å². The maximum absolute atomic E-state index is 12.0. The molecule has 0 bridgehead atoms. The van der Waals surface area contributed by atoms with Crippen molar-refractivity contribution in [3.8, 4) is 0 Å². The van der Waals surface area contributed by atoms with Crippen molar-refractivity contribution in [3.63, 3.8) is 0 Å². The van der Waals surface area contributed by atoms with Gasteiger partial charge in [-0.15, -0.1) is 11.3 Å². The maximum atomic E-state index is 12.0. The molecule has 2 aliphatic rings. The highest BCUT2D eigenvalue weighted by Gasteiger charge is 2.47. The van der Waals surface area contributed by atoms with E-state index in [0.29, 0.717) is 0 Å². The number of carbonyl (C=O) groups excluding carboxylic acids is 1. The van der Waals surface area contributed by atoms with Crippen LogP contribution in [0, 0.1) is 0 Å². The number of hydrogen-bond acceptors (Lipinski definition) is 4. The Bertz CT molecular complexity index is 468. The lowest BCUT2D eigenvalue weighted by atomic mass is 10.0. The number of amides is 1. The highest BCUT2D eigenvalue weighted by Crippen LogP contribution is 2.40. The summed E-state index contributed by atoms with van der Waals surface area (Å²) < 4.78 is 5.21. The van der Waals surface area contributed by atoms with Crippen LogP contribution < -0.4 is 0 Å². The molecule has 2 heterocycles. The Morgan fingerprint density at radius 3 is 2.83 bits per heavy atom. The molecule has 1 N–H and O–H groups in total. The first-order valence-electron chi connectivity index (χ1n) is 5.87. The van der Waals surface area contributed by atoms with E-state index in [9.17, 15) is 14.7 Å². The third kappa shape index (κ3) is 1.91. The van der Waals surface area contributed by atoms with Crippen LogP contribution in [0.3, 0.4) is 0 Å². The molecule has 1 aliphatic carbocycles. The van der Waals surface area contributed by atoms with Crippen molar-refractivity contribution in [1.82, 2.24) is 4.90 Å². The van der Waals surface area contributed by atoms with E-state index in [0.717, 1.165) is 17.7 Å². The Kier molecular flexibility index (Phi) is 2.83. The number of aliphatic carboxylic acids is 1. The molecule has 1 saturated heterocycles. The number of nitrogens with zero attached hydrogens (tertiary/aromatic N) is 1. The predicted octanol–water partition coefficient (Wildman–Crippen LogP) is 1.26. The molecule has 1 saturated carbocycles. The Labute approximate surface area is 108 Å². The second-order valence-corrected chi connectivity index (χ2v) is 5.54. The maximum Gasteiger partial charge on any atom is 0.335 e. The first-order chi connectivity index (χ1) is 8.68. The van der Waals surface area contributed by atoms with Gasteiger partial charge < -0.3 is 14.7 Å². The summed E-state index contributed by atoms with van der Waals surface area (Å²) in [4.78, 5) is 25.9. The van der Waals surface area contributed by atoms with E-state index in [1.165, 1.54) is 11.3 Å². The molecule has 0 aromatic carbocycles. The second kappa shape index (κ2) is 4.37. The summed E-state index contributed by atoms with van der Waals surface area (Å²) in [6, 6.07) is 3.44. The SMILES string of the molecule is O=C(O)C1OCC(=O)N(C2CC2)C1c1cccs1. The normalized spacial score (nSPS) is 28.4. The van der Waals surface area contributed by atoms with Crippen molar-refractivity contribution in [2.24, 2.45) is 0 Å². The Morgan fingerprint density at radius 1 is 1.50 bits per heavy atom. The Morgan fingerprint density at radius 2 is 2.28 bits per heavy atom. The fourth-order valence-corrected chi connectivity index (χ4v) is 3.21. The summed E-state index contributed by atoms with van der Waals surface area (Å²) >= 11 is 1.46. The molecule has 1 aromatic rings. The van der Waals surface area contributed by atoms with Gasteiger partial charge in [-0.25, -0.2) is 4.79 Å². The molecule has 6 heteroatoms. The van der Waals surface area contributed by atoms with Crippen molar-refractivity contribution >= 4 is 23.2 Å². The number of thiophene rings is 1. The predicted molar refractivity (Wildman–Crippen MR) is 64.3 cm³/mol. The number of hydrogen-bond donors (Lipinski definition) is 1. The molecule has 1 aliphatic heterocycles. The van der Waals surface area contributed by atoms with Crippen molar-refractivity contribution in [2.75, 3.05) is 6.61 Å². The summed E-state index contributed by atoms with van der Waals surface area (Å²) in [5.74, 6) is -1.11. The fourth-order valence-electron chi connectivity index (χ4n) is 2.36. The van der Waals surface area contributed by atoms with E-state index in [-0.39, 0.29) is 18.6 Å². The Hall–Kier alpha value is -1.40.